The number of benzene rings is 1. The van der Waals surface area contributed by atoms with Gasteiger partial charge in [0.05, 0.1) is 6.61 Å². The third-order valence-corrected chi connectivity index (χ3v) is 2.58. The van der Waals surface area contributed by atoms with Gasteiger partial charge in [0.15, 0.2) is 0 Å². The van der Waals surface area contributed by atoms with Crippen LogP contribution in [0.4, 0.5) is 0 Å². The molecule has 0 aromatic heterocycles. The van der Waals surface area contributed by atoms with Gasteiger partial charge in [0.1, 0.15) is 0 Å². The Kier molecular flexibility index (Phi) is 19.5. The zero-order valence-corrected chi connectivity index (χ0v) is 14.2. The molecule has 2 N–H and O–H groups in total. The second-order valence-electron chi connectivity index (χ2n) is 4.69. The second kappa shape index (κ2) is 18.7. The third kappa shape index (κ3) is 18.6. The van der Waals surface area contributed by atoms with E-state index in [1.807, 2.05) is 39.0 Å². The van der Waals surface area contributed by atoms with Crippen molar-refractivity contribution in [2.45, 2.75) is 65.8 Å². The van der Waals surface area contributed by atoms with Crippen molar-refractivity contribution in [2.24, 2.45) is 5.73 Å². The summed E-state index contributed by atoms with van der Waals surface area (Å²) in [5.74, 6) is 0. The number of ether oxygens (including phenoxy) is 1. The summed E-state index contributed by atoms with van der Waals surface area (Å²) in [5, 5.41) is 0. The Morgan fingerprint density at radius 2 is 1.76 bits per heavy atom. The highest BCUT2D eigenvalue weighted by molar-refractivity contribution is 5.36. The van der Waals surface area contributed by atoms with Crippen molar-refractivity contribution in [1.82, 2.24) is 0 Å². The Hall–Kier alpha value is -1.35. The molecular weight excluding hydrogens is 262 g/mol. The van der Waals surface area contributed by atoms with Crippen LogP contribution in [0.5, 0.6) is 0 Å². The number of hydrogen-bond acceptors (Lipinski definition) is 3. The molecule has 1 rings (SSSR count). The molecule has 0 amide bonds. The summed E-state index contributed by atoms with van der Waals surface area (Å²) >= 11 is 0. The maximum absolute atomic E-state index is 9.62. The summed E-state index contributed by atoms with van der Waals surface area (Å²) in [7, 11) is 0. The molecule has 1 unspecified atom stereocenters. The Morgan fingerprint density at radius 1 is 1.14 bits per heavy atom. The van der Waals surface area contributed by atoms with Gasteiger partial charge in [0.25, 0.3) is 6.47 Å². The summed E-state index contributed by atoms with van der Waals surface area (Å²) in [6.07, 6.45) is 5.61. The highest BCUT2D eigenvalue weighted by atomic mass is 16.5. The molecule has 0 aliphatic rings. The minimum absolute atomic E-state index is 0.266. The topological polar surface area (TPSA) is 52.3 Å². The maximum Gasteiger partial charge on any atom is 0.293 e. The van der Waals surface area contributed by atoms with Gasteiger partial charge in [-0.1, -0.05) is 70.4 Å². The Morgan fingerprint density at radius 3 is 2.24 bits per heavy atom. The molecule has 1 atom stereocenters. The molecule has 3 heteroatoms. The van der Waals surface area contributed by atoms with E-state index >= 15 is 0 Å². The van der Waals surface area contributed by atoms with Crippen molar-refractivity contribution in [2.75, 3.05) is 6.61 Å². The van der Waals surface area contributed by atoms with Crippen LogP contribution in [0.25, 0.3) is 0 Å². The molecule has 0 spiro atoms. The van der Waals surface area contributed by atoms with Crippen LogP contribution in [0, 0.1) is 0 Å². The number of hydrogen-bond donors (Lipinski definition) is 1. The first-order valence-corrected chi connectivity index (χ1v) is 8.05. The maximum atomic E-state index is 9.62. The molecule has 0 aliphatic carbocycles. The molecule has 3 nitrogen and oxygen atoms in total. The van der Waals surface area contributed by atoms with E-state index < -0.39 is 0 Å². The number of nitrogens with two attached hydrogens (primary N) is 1. The lowest BCUT2D eigenvalue weighted by Crippen LogP contribution is -2.17. The van der Waals surface area contributed by atoms with E-state index in [1.165, 1.54) is 24.8 Å². The molecule has 0 saturated carbocycles. The van der Waals surface area contributed by atoms with Crippen LogP contribution in [0.1, 0.15) is 58.9 Å². The highest BCUT2D eigenvalue weighted by Crippen LogP contribution is 2.00. The number of unbranched alkanes of at least 4 members (excludes halogenated alkanes) is 3. The molecule has 21 heavy (non-hydrogen) atoms. The molecule has 0 radical (unpaired) electrons. The first-order chi connectivity index (χ1) is 10.2. The monoisotopic (exact) mass is 295 g/mol. The summed E-state index contributed by atoms with van der Waals surface area (Å²) < 4.78 is 4.50. The molecule has 122 valence electrons. The fourth-order valence-electron chi connectivity index (χ4n) is 1.65. The van der Waals surface area contributed by atoms with Crippen LogP contribution in [0.15, 0.2) is 30.3 Å². The van der Waals surface area contributed by atoms with Gasteiger partial charge in [-0.15, -0.1) is 0 Å². The van der Waals surface area contributed by atoms with Crippen LogP contribution in [0.2, 0.25) is 0 Å². The third-order valence-electron chi connectivity index (χ3n) is 2.58. The lowest BCUT2D eigenvalue weighted by molar-refractivity contribution is -0.128. The Labute approximate surface area is 130 Å². The molecule has 0 saturated heterocycles. The van der Waals surface area contributed by atoms with E-state index in [9.17, 15) is 4.79 Å². The predicted molar refractivity (Wildman–Crippen MR) is 91.3 cm³/mol. The van der Waals surface area contributed by atoms with Gasteiger partial charge in [-0.2, -0.15) is 0 Å². The first-order valence-electron chi connectivity index (χ1n) is 8.05. The predicted octanol–water partition coefficient (Wildman–Crippen LogP) is 4.34. The number of carbonyl (C=O) groups is 1. The van der Waals surface area contributed by atoms with Crippen LogP contribution < -0.4 is 5.73 Å². The van der Waals surface area contributed by atoms with Gasteiger partial charge in [-0.3, -0.25) is 4.79 Å². The number of carbonyl (C=O) groups excluding carboxylic acids is 1. The fourth-order valence-corrected chi connectivity index (χ4v) is 1.65. The van der Waals surface area contributed by atoms with Gasteiger partial charge in [-0.05, 0) is 25.3 Å². The van der Waals surface area contributed by atoms with Crippen molar-refractivity contribution in [1.29, 1.82) is 0 Å². The van der Waals surface area contributed by atoms with E-state index in [4.69, 9.17) is 5.73 Å². The van der Waals surface area contributed by atoms with E-state index in [-0.39, 0.29) is 6.04 Å². The molecule has 1 aromatic carbocycles. The van der Waals surface area contributed by atoms with Crippen molar-refractivity contribution in [3.05, 3.63) is 35.9 Å². The zero-order chi connectivity index (χ0) is 16.3. The fraction of sp³-hybridized carbons (Fsp3) is 0.611. The summed E-state index contributed by atoms with van der Waals surface area (Å²) in [6.45, 7) is 9.27. The van der Waals surface area contributed by atoms with Gasteiger partial charge < -0.3 is 10.5 Å². The molecule has 0 heterocycles. The highest BCUT2D eigenvalue weighted by Gasteiger charge is 1.94. The Balaban J connectivity index is 0. The quantitative estimate of drug-likeness (QED) is 0.573. The summed E-state index contributed by atoms with van der Waals surface area (Å²) in [6, 6.07) is 10.6. The van der Waals surface area contributed by atoms with Gasteiger partial charge in [0, 0.05) is 6.04 Å². The van der Waals surface area contributed by atoms with E-state index in [2.05, 4.69) is 23.8 Å². The summed E-state index contributed by atoms with van der Waals surface area (Å²) in [5.41, 5.74) is 6.94. The van der Waals surface area contributed by atoms with Crippen LogP contribution in [-0.4, -0.2) is 19.1 Å². The zero-order valence-electron chi connectivity index (χ0n) is 14.2. The van der Waals surface area contributed by atoms with Crippen LogP contribution in [0.3, 0.4) is 0 Å². The average Bonchev–Trinajstić information content (AvgIpc) is 2.50. The van der Waals surface area contributed by atoms with Crippen molar-refractivity contribution >= 4 is 6.47 Å². The molecule has 0 aliphatic heterocycles. The van der Waals surface area contributed by atoms with Crippen molar-refractivity contribution < 1.29 is 9.53 Å². The van der Waals surface area contributed by atoms with Crippen molar-refractivity contribution in [3.63, 3.8) is 0 Å². The number of rotatable bonds is 8. The van der Waals surface area contributed by atoms with Gasteiger partial charge in [-0.25, -0.2) is 0 Å². The lowest BCUT2D eigenvalue weighted by Gasteiger charge is -2.02. The molecule has 0 bridgehead atoms. The largest absolute Gasteiger partial charge is 0.468 e. The van der Waals surface area contributed by atoms with E-state index in [0.29, 0.717) is 13.1 Å². The smallest absolute Gasteiger partial charge is 0.293 e. The minimum Gasteiger partial charge on any atom is -0.468 e. The van der Waals surface area contributed by atoms with E-state index in [0.717, 1.165) is 12.8 Å². The lowest BCUT2D eigenvalue weighted by atomic mass is 10.1. The Bertz CT molecular complexity index is 299. The van der Waals surface area contributed by atoms with Crippen LogP contribution in [-0.2, 0) is 16.0 Å². The standard InChI is InChI=1S/C9H13N.C7H14O2.C2H6/c1-8(10)7-9-5-3-2-4-6-9;1-2-3-4-5-6-9-7-8;1-2/h2-6,8H,7,10H2,1H3;7H,2-6H2,1H3;1-2H3. The molecular formula is C18H33NO2. The van der Waals surface area contributed by atoms with Crippen molar-refractivity contribution in [3.8, 4) is 0 Å². The van der Waals surface area contributed by atoms with Crippen LogP contribution >= 0.6 is 0 Å². The van der Waals surface area contributed by atoms with Gasteiger partial charge in [0.2, 0.25) is 0 Å². The molecule has 0 fully saturated rings. The summed E-state index contributed by atoms with van der Waals surface area (Å²) in [4.78, 5) is 9.62. The SMILES string of the molecule is CC.CC(N)Cc1ccccc1.CCCCCCOC=O. The second-order valence-corrected chi connectivity index (χ2v) is 4.69. The first kappa shape index (κ1) is 21.9. The minimum atomic E-state index is 0.266. The van der Waals surface area contributed by atoms with Gasteiger partial charge >= 0.3 is 0 Å². The molecule has 1 aromatic rings. The normalized spacial score (nSPS) is 10.3. The van der Waals surface area contributed by atoms with E-state index in [1.54, 1.807) is 0 Å². The average molecular weight is 295 g/mol.